The third-order valence-electron chi connectivity index (χ3n) is 3.39. The number of rotatable bonds is 7. The number of nitrogens with zero attached hydrogens (tertiary/aromatic N) is 2. The fourth-order valence-corrected chi connectivity index (χ4v) is 2.56. The van der Waals surface area contributed by atoms with Crippen LogP contribution in [0, 0.1) is 0 Å². The Labute approximate surface area is 139 Å². The van der Waals surface area contributed by atoms with Crippen LogP contribution in [0.2, 0.25) is 5.02 Å². The summed E-state index contributed by atoms with van der Waals surface area (Å²) in [5.41, 5.74) is 1.56. The van der Waals surface area contributed by atoms with Gasteiger partial charge in [-0.25, -0.2) is 0 Å². The average Bonchev–Trinajstić information content (AvgIpc) is 2.90. The number of hydrogen-bond acceptors (Lipinski definition) is 3. The molecule has 0 aliphatic rings. The lowest BCUT2D eigenvalue weighted by molar-refractivity contribution is -0.137. The van der Waals surface area contributed by atoms with Gasteiger partial charge in [-0.1, -0.05) is 29.8 Å². The monoisotopic (exact) mass is 335 g/mol. The lowest BCUT2D eigenvalue weighted by Gasteiger charge is -2.18. The third-order valence-corrected chi connectivity index (χ3v) is 3.74. The molecule has 23 heavy (non-hydrogen) atoms. The molecule has 1 amide bonds. The standard InChI is InChI=1S/C16H18ClN3O3/c1-20-10-11(9-18-20)6-7-15(21)19-14(8-16(22)23)12-4-2-3-5-13(12)17/h2-5,9-10,14H,6-8H2,1H3,(H,19,21)(H,22,23). The Morgan fingerprint density at radius 3 is 2.74 bits per heavy atom. The van der Waals surface area contributed by atoms with Gasteiger partial charge < -0.3 is 10.4 Å². The number of amides is 1. The van der Waals surface area contributed by atoms with E-state index < -0.39 is 12.0 Å². The molecule has 0 aliphatic carbocycles. The maximum atomic E-state index is 12.1. The van der Waals surface area contributed by atoms with Crippen LogP contribution in [0.4, 0.5) is 0 Å². The summed E-state index contributed by atoms with van der Waals surface area (Å²) in [6, 6.07) is 6.26. The second-order valence-corrected chi connectivity index (χ2v) is 5.67. The van der Waals surface area contributed by atoms with Crippen molar-refractivity contribution in [2.45, 2.75) is 25.3 Å². The lowest BCUT2D eigenvalue weighted by atomic mass is 10.0. The highest BCUT2D eigenvalue weighted by molar-refractivity contribution is 6.31. The van der Waals surface area contributed by atoms with Gasteiger partial charge in [-0.3, -0.25) is 14.3 Å². The molecular formula is C16H18ClN3O3. The van der Waals surface area contributed by atoms with Crippen LogP contribution in [0.3, 0.4) is 0 Å². The number of nitrogens with one attached hydrogen (secondary N) is 1. The van der Waals surface area contributed by atoms with Crippen LogP contribution in [-0.2, 0) is 23.1 Å². The first kappa shape index (κ1) is 17.0. The van der Waals surface area contributed by atoms with Gasteiger partial charge in [0.2, 0.25) is 5.91 Å². The molecule has 1 aromatic heterocycles. The van der Waals surface area contributed by atoms with E-state index in [1.54, 1.807) is 35.1 Å². The minimum absolute atomic E-state index is 0.220. The van der Waals surface area contributed by atoms with Crippen molar-refractivity contribution in [3.8, 4) is 0 Å². The van der Waals surface area contributed by atoms with Gasteiger partial charge in [0.25, 0.3) is 0 Å². The van der Waals surface area contributed by atoms with Crippen molar-refractivity contribution in [3.63, 3.8) is 0 Å². The van der Waals surface area contributed by atoms with Gasteiger partial charge >= 0.3 is 5.97 Å². The van der Waals surface area contributed by atoms with E-state index in [1.807, 2.05) is 13.2 Å². The van der Waals surface area contributed by atoms with Crippen molar-refractivity contribution in [1.29, 1.82) is 0 Å². The van der Waals surface area contributed by atoms with Gasteiger partial charge in [-0.2, -0.15) is 5.10 Å². The molecule has 0 saturated carbocycles. The summed E-state index contributed by atoms with van der Waals surface area (Å²) in [7, 11) is 1.81. The molecule has 2 rings (SSSR count). The number of carboxylic acids is 1. The van der Waals surface area contributed by atoms with Crippen molar-refractivity contribution < 1.29 is 14.7 Å². The summed E-state index contributed by atoms with van der Waals surface area (Å²) in [6.07, 6.45) is 4.13. The van der Waals surface area contributed by atoms with Crippen LogP contribution in [0.25, 0.3) is 0 Å². The number of carboxylic acid groups (broad SMARTS) is 1. The molecule has 0 radical (unpaired) electrons. The van der Waals surface area contributed by atoms with Crippen LogP contribution in [0.1, 0.15) is 30.0 Å². The molecule has 1 atom stereocenters. The molecule has 1 aromatic carbocycles. The minimum atomic E-state index is -0.998. The molecule has 0 bridgehead atoms. The molecule has 0 fully saturated rings. The molecule has 6 nitrogen and oxygen atoms in total. The molecule has 2 aromatic rings. The summed E-state index contributed by atoms with van der Waals surface area (Å²) in [5, 5.41) is 16.3. The van der Waals surface area contributed by atoms with E-state index in [1.165, 1.54) is 0 Å². The Hall–Kier alpha value is -2.34. The van der Waals surface area contributed by atoms with Crippen LogP contribution in [0.5, 0.6) is 0 Å². The van der Waals surface area contributed by atoms with E-state index in [0.29, 0.717) is 17.0 Å². The molecule has 7 heteroatoms. The third kappa shape index (κ3) is 5.10. The molecule has 0 aliphatic heterocycles. The predicted molar refractivity (Wildman–Crippen MR) is 86.1 cm³/mol. The second kappa shape index (κ2) is 7.78. The van der Waals surface area contributed by atoms with Crippen LogP contribution < -0.4 is 5.32 Å². The van der Waals surface area contributed by atoms with E-state index in [0.717, 1.165) is 5.56 Å². The number of aryl methyl sites for hydroxylation is 2. The topological polar surface area (TPSA) is 84.2 Å². The molecule has 122 valence electrons. The maximum absolute atomic E-state index is 12.1. The molecule has 0 saturated heterocycles. The number of carbonyl (C=O) groups is 2. The van der Waals surface area contributed by atoms with E-state index in [-0.39, 0.29) is 18.7 Å². The number of hydrogen-bond donors (Lipinski definition) is 2. The van der Waals surface area contributed by atoms with Crippen molar-refractivity contribution in [2.24, 2.45) is 7.05 Å². The van der Waals surface area contributed by atoms with Crippen LogP contribution >= 0.6 is 11.6 Å². The number of halogens is 1. The van der Waals surface area contributed by atoms with Crippen molar-refractivity contribution in [2.75, 3.05) is 0 Å². The molecule has 1 unspecified atom stereocenters. The van der Waals surface area contributed by atoms with Gasteiger partial charge in [0.05, 0.1) is 18.7 Å². The SMILES string of the molecule is Cn1cc(CCC(=O)NC(CC(=O)O)c2ccccc2Cl)cn1. The van der Waals surface area contributed by atoms with Gasteiger partial charge in [-0.15, -0.1) is 0 Å². The van der Waals surface area contributed by atoms with Crippen LogP contribution in [-0.4, -0.2) is 26.8 Å². The normalized spacial score (nSPS) is 11.9. The molecular weight excluding hydrogens is 318 g/mol. The smallest absolute Gasteiger partial charge is 0.305 e. The highest BCUT2D eigenvalue weighted by Gasteiger charge is 2.20. The average molecular weight is 336 g/mol. The lowest BCUT2D eigenvalue weighted by Crippen LogP contribution is -2.30. The van der Waals surface area contributed by atoms with Gasteiger partial charge in [0.15, 0.2) is 0 Å². The summed E-state index contributed by atoms with van der Waals surface area (Å²) < 4.78 is 1.67. The zero-order valence-corrected chi connectivity index (χ0v) is 13.5. The zero-order chi connectivity index (χ0) is 16.8. The highest BCUT2D eigenvalue weighted by atomic mass is 35.5. The van der Waals surface area contributed by atoms with Crippen LogP contribution in [0.15, 0.2) is 36.7 Å². The first-order valence-electron chi connectivity index (χ1n) is 7.19. The van der Waals surface area contributed by atoms with Gasteiger partial charge in [-0.05, 0) is 23.6 Å². The molecule has 2 N–H and O–H groups in total. The Morgan fingerprint density at radius 2 is 2.13 bits per heavy atom. The van der Waals surface area contributed by atoms with Crippen molar-refractivity contribution in [1.82, 2.24) is 15.1 Å². The van der Waals surface area contributed by atoms with Gasteiger partial charge in [0.1, 0.15) is 0 Å². The fourth-order valence-electron chi connectivity index (χ4n) is 2.30. The first-order chi connectivity index (χ1) is 11.0. The number of aliphatic carboxylic acids is 1. The Balaban J connectivity index is 2.01. The number of aromatic nitrogens is 2. The van der Waals surface area contributed by atoms with E-state index in [2.05, 4.69) is 10.4 Å². The minimum Gasteiger partial charge on any atom is -0.481 e. The number of benzene rings is 1. The molecule has 1 heterocycles. The Bertz CT molecular complexity index is 699. The first-order valence-corrected chi connectivity index (χ1v) is 7.56. The quantitative estimate of drug-likeness (QED) is 0.813. The highest BCUT2D eigenvalue weighted by Crippen LogP contribution is 2.25. The Kier molecular flexibility index (Phi) is 5.76. The van der Waals surface area contributed by atoms with E-state index in [4.69, 9.17) is 16.7 Å². The zero-order valence-electron chi connectivity index (χ0n) is 12.7. The van der Waals surface area contributed by atoms with E-state index >= 15 is 0 Å². The van der Waals surface area contributed by atoms with Crippen molar-refractivity contribution >= 4 is 23.5 Å². The van der Waals surface area contributed by atoms with Gasteiger partial charge in [0, 0.05) is 24.7 Å². The largest absolute Gasteiger partial charge is 0.481 e. The molecule has 0 spiro atoms. The van der Waals surface area contributed by atoms with E-state index in [9.17, 15) is 9.59 Å². The summed E-state index contributed by atoms with van der Waals surface area (Å²) in [6.45, 7) is 0. The summed E-state index contributed by atoms with van der Waals surface area (Å²) in [5.74, 6) is -1.22. The fraction of sp³-hybridized carbons (Fsp3) is 0.312. The summed E-state index contributed by atoms with van der Waals surface area (Å²) in [4.78, 5) is 23.2. The Morgan fingerprint density at radius 1 is 1.39 bits per heavy atom. The second-order valence-electron chi connectivity index (χ2n) is 5.26. The number of carbonyl (C=O) groups excluding carboxylic acids is 1. The summed E-state index contributed by atoms with van der Waals surface area (Å²) >= 11 is 6.11. The maximum Gasteiger partial charge on any atom is 0.305 e. The predicted octanol–water partition coefficient (Wildman–Crippen LogP) is 2.34. The van der Waals surface area contributed by atoms with Crippen molar-refractivity contribution in [3.05, 3.63) is 52.8 Å².